The summed E-state index contributed by atoms with van der Waals surface area (Å²) in [4.78, 5) is 11.8. The van der Waals surface area contributed by atoms with Gasteiger partial charge in [-0.05, 0) is 26.3 Å². The molecule has 4 heteroatoms. The van der Waals surface area contributed by atoms with E-state index in [1.807, 2.05) is 0 Å². The summed E-state index contributed by atoms with van der Waals surface area (Å²) in [6.07, 6.45) is 2.60. The van der Waals surface area contributed by atoms with Gasteiger partial charge in [-0.15, -0.1) is 0 Å². The Hall–Kier alpha value is -1.16. The van der Waals surface area contributed by atoms with Gasteiger partial charge in [0.05, 0.1) is 0 Å². The van der Waals surface area contributed by atoms with Crippen LogP contribution in [0, 0.1) is 12.3 Å². The molecule has 4 nitrogen and oxygen atoms in total. The minimum atomic E-state index is 0.392. The standard InChI is InChI=1S/C15H24N4/c1-11(2)14-17-12(3)8-13(18-14)19-7-5-15(10-19)4-6-16-9-15/h8,11,16H,4-7,9-10H2,1-3H3. The Labute approximate surface area is 115 Å². The molecular formula is C15H24N4. The molecule has 2 saturated heterocycles. The van der Waals surface area contributed by atoms with E-state index in [4.69, 9.17) is 4.98 Å². The first kappa shape index (κ1) is 12.9. The minimum Gasteiger partial charge on any atom is -0.356 e. The van der Waals surface area contributed by atoms with E-state index in [2.05, 4.69) is 42.0 Å². The van der Waals surface area contributed by atoms with Gasteiger partial charge in [0.15, 0.2) is 0 Å². The SMILES string of the molecule is Cc1cc(N2CCC3(CCNC3)C2)nc(C(C)C)n1. The second-order valence-corrected chi connectivity index (χ2v) is 6.48. The molecule has 2 fully saturated rings. The molecule has 104 valence electrons. The fourth-order valence-corrected chi connectivity index (χ4v) is 3.27. The molecule has 0 aliphatic carbocycles. The van der Waals surface area contributed by atoms with Crippen LogP contribution >= 0.6 is 0 Å². The van der Waals surface area contributed by atoms with Gasteiger partial charge in [-0.1, -0.05) is 13.8 Å². The number of aryl methyl sites for hydroxylation is 1. The summed E-state index contributed by atoms with van der Waals surface area (Å²) in [7, 11) is 0. The van der Waals surface area contributed by atoms with Crippen LogP contribution in [0.2, 0.25) is 0 Å². The van der Waals surface area contributed by atoms with E-state index in [1.165, 1.54) is 25.9 Å². The molecule has 0 bridgehead atoms. The number of anilines is 1. The van der Waals surface area contributed by atoms with E-state index in [0.717, 1.165) is 30.4 Å². The maximum atomic E-state index is 4.76. The molecular weight excluding hydrogens is 236 g/mol. The summed E-state index contributed by atoms with van der Waals surface area (Å²) in [5, 5.41) is 3.51. The zero-order valence-electron chi connectivity index (χ0n) is 12.2. The third-order valence-corrected chi connectivity index (χ3v) is 4.47. The number of hydrogen-bond donors (Lipinski definition) is 1. The lowest BCUT2D eigenvalue weighted by atomic mass is 9.87. The molecule has 1 spiro atoms. The van der Waals surface area contributed by atoms with Gasteiger partial charge in [0.25, 0.3) is 0 Å². The molecule has 1 aromatic heterocycles. The van der Waals surface area contributed by atoms with Crippen LogP contribution < -0.4 is 10.2 Å². The summed E-state index contributed by atoms with van der Waals surface area (Å²) in [6.45, 7) is 11.0. The van der Waals surface area contributed by atoms with E-state index in [-0.39, 0.29) is 0 Å². The van der Waals surface area contributed by atoms with E-state index in [9.17, 15) is 0 Å². The lowest BCUT2D eigenvalue weighted by molar-refractivity contribution is 0.369. The average Bonchev–Trinajstić information content (AvgIpc) is 3.00. The van der Waals surface area contributed by atoms with E-state index < -0.39 is 0 Å². The van der Waals surface area contributed by atoms with Crippen molar-refractivity contribution >= 4 is 5.82 Å². The van der Waals surface area contributed by atoms with Gasteiger partial charge in [-0.2, -0.15) is 0 Å². The Bertz CT molecular complexity index is 463. The molecule has 0 radical (unpaired) electrons. The summed E-state index contributed by atoms with van der Waals surface area (Å²) < 4.78 is 0. The van der Waals surface area contributed by atoms with Crippen LogP contribution in [0.4, 0.5) is 5.82 Å². The molecule has 19 heavy (non-hydrogen) atoms. The molecule has 0 aromatic carbocycles. The summed E-state index contributed by atoms with van der Waals surface area (Å²) >= 11 is 0. The lowest BCUT2D eigenvalue weighted by Crippen LogP contribution is -2.29. The van der Waals surface area contributed by atoms with Crippen molar-refractivity contribution in [3.05, 3.63) is 17.6 Å². The Morgan fingerprint density at radius 1 is 1.32 bits per heavy atom. The van der Waals surface area contributed by atoms with Gasteiger partial charge in [-0.25, -0.2) is 9.97 Å². The highest BCUT2D eigenvalue weighted by Gasteiger charge is 2.40. The van der Waals surface area contributed by atoms with Crippen LogP contribution in [0.5, 0.6) is 0 Å². The average molecular weight is 260 g/mol. The monoisotopic (exact) mass is 260 g/mol. The Morgan fingerprint density at radius 3 is 2.84 bits per heavy atom. The molecule has 2 aliphatic heterocycles. The molecule has 0 saturated carbocycles. The first-order valence-electron chi connectivity index (χ1n) is 7.39. The fraction of sp³-hybridized carbons (Fsp3) is 0.733. The lowest BCUT2D eigenvalue weighted by Gasteiger charge is -2.24. The maximum Gasteiger partial charge on any atom is 0.133 e. The molecule has 3 heterocycles. The Morgan fingerprint density at radius 2 is 2.16 bits per heavy atom. The zero-order chi connectivity index (χ0) is 13.5. The number of aromatic nitrogens is 2. The summed E-state index contributed by atoms with van der Waals surface area (Å²) in [5.41, 5.74) is 1.58. The van der Waals surface area contributed by atoms with Gasteiger partial charge in [0.1, 0.15) is 11.6 Å². The third kappa shape index (κ3) is 2.46. The first-order valence-corrected chi connectivity index (χ1v) is 7.39. The molecule has 1 unspecified atom stereocenters. The van der Waals surface area contributed by atoms with Gasteiger partial charge >= 0.3 is 0 Å². The Balaban J connectivity index is 1.83. The predicted molar refractivity (Wildman–Crippen MR) is 77.6 cm³/mol. The van der Waals surface area contributed by atoms with Crippen LogP contribution in [0.1, 0.15) is 44.1 Å². The van der Waals surface area contributed by atoms with E-state index in [0.29, 0.717) is 11.3 Å². The summed E-state index contributed by atoms with van der Waals surface area (Å²) in [6, 6.07) is 2.13. The molecule has 1 atom stereocenters. The fourth-order valence-electron chi connectivity index (χ4n) is 3.27. The number of rotatable bonds is 2. The highest BCUT2D eigenvalue weighted by molar-refractivity contribution is 5.42. The van der Waals surface area contributed by atoms with Crippen LogP contribution in [-0.2, 0) is 0 Å². The van der Waals surface area contributed by atoms with Crippen molar-refractivity contribution in [3.8, 4) is 0 Å². The molecule has 0 amide bonds. The van der Waals surface area contributed by atoms with Crippen LogP contribution in [0.15, 0.2) is 6.07 Å². The van der Waals surface area contributed by atoms with Crippen molar-refractivity contribution in [2.45, 2.75) is 39.5 Å². The van der Waals surface area contributed by atoms with Crippen molar-refractivity contribution in [3.63, 3.8) is 0 Å². The quantitative estimate of drug-likeness (QED) is 0.884. The van der Waals surface area contributed by atoms with Crippen molar-refractivity contribution in [1.29, 1.82) is 0 Å². The molecule has 2 aliphatic rings. The minimum absolute atomic E-state index is 0.392. The number of nitrogens with one attached hydrogen (secondary N) is 1. The predicted octanol–water partition coefficient (Wildman–Crippen LogP) is 2.10. The highest BCUT2D eigenvalue weighted by atomic mass is 15.2. The molecule has 1 N–H and O–H groups in total. The van der Waals surface area contributed by atoms with Crippen molar-refractivity contribution in [2.75, 3.05) is 31.1 Å². The van der Waals surface area contributed by atoms with Crippen molar-refractivity contribution in [1.82, 2.24) is 15.3 Å². The highest BCUT2D eigenvalue weighted by Crippen LogP contribution is 2.37. The van der Waals surface area contributed by atoms with Crippen LogP contribution in [0.25, 0.3) is 0 Å². The first-order chi connectivity index (χ1) is 9.08. The van der Waals surface area contributed by atoms with Crippen LogP contribution in [-0.4, -0.2) is 36.1 Å². The zero-order valence-corrected chi connectivity index (χ0v) is 12.2. The molecule has 3 rings (SSSR count). The van der Waals surface area contributed by atoms with Gasteiger partial charge in [0, 0.05) is 42.7 Å². The number of hydrogen-bond acceptors (Lipinski definition) is 4. The van der Waals surface area contributed by atoms with Gasteiger partial charge < -0.3 is 10.2 Å². The number of nitrogens with zero attached hydrogens (tertiary/aromatic N) is 3. The largest absolute Gasteiger partial charge is 0.356 e. The van der Waals surface area contributed by atoms with Gasteiger partial charge in [0.2, 0.25) is 0 Å². The normalized spacial score (nSPS) is 26.8. The maximum absolute atomic E-state index is 4.76. The Kier molecular flexibility index (Phi) is 3.21. The second kappa shape index (κ2) is 4.75. The smallest absolute Gasteiger partial charge is 0.133 e. The van der Waals surface area contributed by atoms with Crippen molar-refractivity contribution in [2.24, 2.45) is 5.41 Å². The van der Waals surface area contributed by atoms with Crippen molar-refractivity contribution < 1.29 is 0 Å². The second-order valence-electron chi connectivity index (χ2n) is 6.48. The topological polar surface area (TPSA) is 41.0 Å². The van der Waals surface area contributed by atoms with Crippen LogP contribution in [0.3, 0.4) is 0 Å². The molecule has 1 aromatic rings. The van der Waals surface area contributed by atoms with E-state index >= 15 is 0 Å². The summed E-state index contributed by atoms with van der Waals surface area (Å²) in [5.74, 6) is 2.49. The van der Waals surface area contributed by atoms with Gasteiger partial charge in [-0.3, -0.25) is 0 Å². The van der Waals surface area contributed by atoms with E-state index in [1.54, 1.807) is 0 Å². The third-order valence-electron chi connectivity index (χ3n) is 4.47.